The molecule has 0 unspecified atom stereocenters. The summed E-state index contributed by atoms with van der Waals surface area (Å²) in [5.41, 5.74) is 0.774. The molecular formula is C22H29N5O2. The van der Waals surface area contributed by atoms with Crippen LogP contribution in [0, 0.1) is 5.92 Å². The van der Waals surface area contributed by atoms with E-state index in [-0.39, 0.29) is 5.91 Å². The van der Waals surface area contributed by atoms with Gasteiger partial charge in [-0.15, -0.1) is 0 Å². The van der Waals surface area contributed by atoms with E-state index < -0.39 is 0 Å². The summed E-state index contributed by atoms with van der Waals surface area (Å²) in [5.74, 6) is 3.18. The lowest BCUT2D eigenvalue weighted by Crippen LogP contribution is -2.36. The highest BCUT2D eigenvalue weighted by atomic mass is 16.5. The lowest BCUT2D eigenvalue weighted by Gasteiger charge is -2.33. The molecule has 1 atom stereocenters. The number of hydrogen-bond acceptors (Lipinski definition) is 6. The van der Waals surface area contributed by atoms with Crippen LogP contribution in [0.5, 0.6) is 5.75 Å². The van der Waals surface area contributed by atoms with Crippen molar-refractivity contribution in [1.29, 1.82) is 0 Å². The molecule has 1 amide bonds. The monoisotopic (exact) mass is 395 g/mol. The van der Waals surface area contributed by atoms with Gasteiger partial charge >= 0.3 is 0 Å². The lowest BCUT2D eigenvalue weighted by atomic mass is 9.93. The van der Waals surface area contributed by atoms with Crippen LogP contribution in [0.4, 0.5) is 17.3 Å². The highest BCUT2D eigenvalue weighted by Gasteiger charge is 2.24. The Bertz CT molecular complexity index is 839. The molecule has 2 aliphatic rings. The van der Waals surface area contributed by atoms with Gasteiger partial charge in [0.2, 0.25) is 5.91 Å². The van der Waals surface area contributed by atoms with Crippen molar-refractivity contribution < 1.29 is 9.53 Å². The predicted molar refractivity (Wildman–Crippen MR) is 114 cm³/mol. The van der Waals surface area contributed by atoms with Crippen molar-refractivity contribution in [3.8, 4) is 5.75 Å². The van der Waals surface area contributed by atoms with E-state index in [4.69, 9.17) is 4.74 Å². The molecule has 4 rings (SSSR count). The number of amides is 1. The van der Waals surface area contributed by atoms with E-state index in [0.29, 0.717) is 18.4 Å². The summed E-state index contributed by atoms with van der Waals surface area (Å²) in [5, 5.41) is 6.41. The van der Waals surface area contributed by atoms with Crippen molar-refractivity contribution in [3.63, 3.8) is 0 Å². The van der Waals surface area contributed by atoms with Crippen molar-refractivity contribution in [1.82, 2.24) is 9.97 Å². The molecule has 0 spiro atoms. The molecular weight excluding hydrogens is 366 g/mol. The van der Waals surface area contributed by atoms with E-state index >= 15 is 0 Å². The molecule has 7 heteroatoms. The summed E-state index contributed by atoms with van der Waals surface area (Å²) in [6.45, 7) is 1.94. The molecule has 1 aliphatic heterocycles. The minimum atomic E-state index is 0.0494. The number of methoxy groups -OCH3 is 1. The van der Waals surface area contributed by atoms with E-state index in [1.807, 2.05) is 24.3 Å². The zero-order valence-electron chi connectivity index (χ0n) is 16.9. The summed E-state index contributed by atoms with van der Waals surface area (Å²) in [6.07, 6.45) is 7.77. The first kappa shape index (κ1) is 19.5. The first-order valence-corrected chi connectivity index (χ1v) is 10.5. The molecule has 0 bridgehead atoms. The van der Waals surface area contributed by atoms with E-state index in [1.54, 1.807) is 13.4 Å². The van der Waals surface area contributed by atoms with Gasteiger partial charge in [0.15, 0.2) is 0 Å². The van der Waals surface area contributed by atoms with E-state index in [0.717, 1.165) is 55.4 Å². The summed E-state index contributed by atoms with van der Waals surface area (Å²) in [6, 6.07) is 10.1. The average Bonchev–Trinajstić information content (AvgIpc) is 3.57. The van der Waals surface area contributed by atoms with Gasteiger partial charge in [0, 0.05) is 43.4 Å². The number of nitrogens with zero attached hydrogens (tertiary/aromatic N) is 3. The average molecular weight is 396 g/mol. The molecule has 1 saturated heterocycles. The number of ether oxygens (including phenoxy) is 1. The third-order valence-corrected chi connectivity index (χ3v) is 5.56. The van der Waals surface area contributed by atoms with Crippen LogP contribution in [0.25, 0.3) is 0 Å². The molecule has 2 aromatic rings. The summed E-state index contributed by atoms with van der Waals surface area (Å²) in [7, 11) is 1.62. The maximum Gasteiger partial charge on any atom is 0.224 e. The van der Waals surface area contributed by atoms with Crippen molar-refractivity contribution >= 4 is 23.2 Å². The van der Waals surface area contributed by atoms with Gasteiger partial charge in [0.1, 0.15) is 23.7 Å². The van der Waals surface area contributed by atoms with E-state index in [9.17, 15) is 4.79 Å². The fourth-order valence-corrected chi connectivity index (χ4v) is 3.80. The minimum absolute atomic E-state index is 0.0494. The molecule has 7 nitrogen and oxygen atoms in total. The molecule has 29 heavy (non-hydrogen) atoms. The van der Waals surface area contributed by atoms with Crippen molar-refractivity contribution in [3.05, 3.63) is 36.7 Å². The standard InChI is InChI=1S/C22H29N5O2/c1-29-19-6-2-5-18(12-19)26-22(28)10-7-16-4-3-11-27(14-16)21-13-20(23-15-24-21)25-17-8-9-17/h2,5-6,12-13,15-17H,3-4,7-11,14H2,1H3,(H,26,28)(H,23,24,25)/t16-/m1/s1. The number of hydrogen-bond donors (Lipinski definition) is 2. The van der Waals surface area contributed by atoms with Crippen molar-refractivity contribution in [2.45, 2.75) is 44.6 Å². The normalized spacial score (nSPS) is 18.9. The van der Waals surface area contributed by atoms with Crippen LogP contribution in [-0.2, 0) is 4.79 Å². The minimum Gasteiger partial charge on any atom is -0.497 e. The Morgan fingerprint density at radius 1 is 1.24 bits per heavy atom. The number of rotatable bonds is 8. The Morgan fingerprint density at radius 3 is 2.97 bits per heavy atom. The number of anilines is 3. The highest BCUT2D eigenvalue weighted by molar-refractivity contribution is 5.90. The Hall–Kier alpha value is -2.83. The molecule has 154 valence electrons. The number of piperidine rings is 1. The van der Waals surface area contributed by atoms with Gasteiger partial charge in [-0.1, -0.05) is 6.07 Å². The number of nitrogens with one attached hydrogen (secondary N) is 2. The maximum atomic E-state index is 12.4. The summed E-state index contributed by atoms with van der Waals surface area (Å²) >= 11 is 0. The predicted octanol–water partition coefficient (Wildman–Crippen LogP) is 3.69. The molecule has 0 radical (unpaired) electrons. The van der Waals surface area contributed by atoms with Crippen LogP contribution in [0.2, 0.25) is 0 Å². The van der Waals surface area contributed by atoms with Crippen LogP contribution < -0.4 is 20.3 Å². The molecule has 1 aromatic heterocycles. The van der Waals surface area contributed by atoms with Crippen LogP contribution in [0.1, 0.15) is 38.5 Å². The number of carbonyl (C=O) groups excluding carboxylic acids is 1. The van der Waals surface area contributed by atoms with Crippen LogP contribution in [-0.4, -0.2) is 42.1 Å². The Labute approximate surface area is 171 Å². The molecule has 1 saturated carbocycles. The zero-order chi connectivity index (χ0) is 20.1. The molecule has 1 aromatic carbocycles. The number of aromatic nitrogens is 2. The second-order valence-electron chi connectivity index (χ2n) is 7.95. The summed E-state index contributed by atoms with van der Waals surface area (Å²) < 4.78 is 5.21. The van der Waals surface area contributed by atoms with Gasteiger partial charge in [-0.2, -0.15) is 0 Å². The fourth-order valence-electron chi connectivity index (χ4n) is 3.80. The Kier molecular flexibility index (Phi) is 6.12. The Morgan fingerprint density at radius 2 is 2.14 bits per heavy atom. The van der Waals surface area contributed by atoms with Crippen molar-refractivity contribution in [2.75, 3.05) is 35.7 Å². The number of benzene rings is 1. The molecule has 1 aliphatic carbocycles. The van der Waals surface area contributed by atoms with Gasteiger partial charge in [0.25, 0.3) is 0 Å². The van der Waals surface area contributed by atoms with Gasteiger partial charge in [0.05, 0.1) is 7.11 Å². The van der Waals surface area contributed by atoms with E-state index in [2.05, 4.69) is 31.6 Å². The molecule has 2 fully saturated rings. The number of carbonyl (C=O) groups is 1. The third-order valence-electron chi connectivity index (χ3n) is 5.56. The second-order valence-corrected chi connectivity index (χ2v) is 7.95. The fraction of sp³-hybridized carbons (Fsp3) is 0.500. The maximum absolute atomic E-state index is 12.4. The lowest BCUT2D eigenvalue weighted by molar-refractivity contribution is -0.116. The van der Waals surface area contributed by atoms with Crippen LogP contribution in [0.15, 0.2) is 36.7 Å². The first-order chi connectivity index (χ1) is 14.2. The van der Waals surface area contributed by atoms with Crippen molar-refractivity contribution in [2.24, 2.45) is 5.92 Å². The summed E-state index contributed by atoms with van der Waals surface area (Å²) in [4.78, 5) is 23.5. The van der Waals surface area contributed by atoms with Crippen LogP contribution >= 0.6 is 0 Å². The Balaban J connectivity index is 1.27. The quantitative estimate of drug-likeness (QED) is 0.710. The van der Waals surface area contributed by atoms with Gasteiger partial charge in [-0.3, -0.25) is 4.79 Å². The topological polar surface area (TPSA) is 79.4 Å². The zero-order valence-corrected chi connectivity index (χ0v) is 16.9. The van der Waals surface area contributed by atoms with Gasteiger partial charge in [-0.25, -0.2) is 9.97 Å². The van der Waals surface area contributed by atoms with E-state index in [1.165, 1.54) is 12.8 Å². The molecule has 2 heterocycles. The largest absolute Gasteiger partial charge is 0.497 e. The SMILES string of the molecule is COc1cccc(NC(=O)CC[C@H]2CCCN(c3cc(NC4CC4)ncn3)C2)c1. The highest BCUT2D eigenvalue weighted by Crippen LogP contribution is 2.28. The van der Waals surface area contributed by atoms with Crippen LogP contribution in [0.3, 0.4) is 0 Å². The second kappa shape index (κ2) is 9.11. The molecule has 2 N–H and O–H groups in total. The van der Waals surface area contributed by atoms with Gasteiger partial charge < -0.3 is 20.3 Å². The smallest absolute Gasteiger partial charge is 0.224 e. The third kappa shape index (κ3) is 5.59. The van der Waals surface area contributed by atoms with Gasteiger partial charge in [-0.05, 0) is 50.2 Å². The first-order valence-electron chi connectivity index (χ1n) is 10.5.